The maximum absolute atomic E-state index is 12.7. The standard InChI is InChI=1S/C10H13F3N2O3S/c1-3-18-8(16)6-7(10(11,12)13)15-9(19-6)14-4-5-17-2/h3-5H2,1-2H3,(H,14,15). The fourth-order valence-electron chi connectivity index (χ4n) is 1.18. The van der Waals surface area contributed by atoms with Crippen LogP contribution in [0.3, 0.4) is 0 Å². The third-order valence-electron chi connectivity index (χ3n) is 1.94. The highest BCUT2D eigenvalue weighted by atomic mass is 32.1. The van der Waals surface area contributed by atoms with E-state index in [2.05, 4.69) is 15.0 Å². The van der Waals surface area contributed by atoms with Gasteiger partial charge in [0.2, 0.25) is 0 Å². The number of rotatable bonds is 6. The van der Waals surface area contributed by atoms with Crippen LogP contribution < -0.4 is 5.32 Å². The molecule has 0 atom stereocenters. The Kier molecular flexibility index (Phi) is 5.55. The summed E-state index contributed by atoms with van der Waals surface area (Å²) in [7, 11) is 1.47. The Bertz CT molecular complexity index is 434. The van der Waals surface area contributed by atoms with Gasteiger partial charge in [-0.2, -0.15) is 13.2 Å². The highest BCUT2D eigenvalue weighted by Gasteiger charge is 2.40. The summed E-state index contributed by atoms with van der Waals surface area (Å²) >= 11 is 0.613. The van der Waals surface area contributed by atoms with Crippen LogP contribution in [0.1, 0.15) is 22.3 Å². The summed E-state index contributed by atoms with van der Waals surface area (Å²) in [6.07, 6.45) is -4.69. The second-order valence-corrected chi connectivity index (χ2v) is 4.33. The smallest absolute Gasteiger partial charge is 0.435 e. The number of halogens is 3. The van der Waals surface area contributed by atoms with E-state index in [4.69, 9.17) is 4.74 Å². The summed E-state index contributed by atoms with van der Waals surface area (Å²) < 4.78 is 47.5. The number of methoxy groups -OCH3 is 1. The Labute approximate surface area is 111 Å². The van der Waals surface area contributed by atoms with Crippen molar-refractivity contribution in [2.45, 2.75) is 13.1 Å². The molecule has 0 fully saturated rings. The molecule has 1 heterocycles. The Hall–Kier alpha value is -1.35. The number of thiazole rings is 1. The van der Waals surface area contributed by atoms with Crippen molar-refractivity contribution in [3.05, 3.63) is 10.6 Å². The molecule has 0 aliphatic carbocycles. The normalized spacial score (nSPS) is 11.4. The van der Waals surface area contributed by atoms with Gasteiger partial charge in [0.25, 0.3) is 0 Å². The molecule has 0 bridgehead atoms. The average Bonchev–Trinajstić information content (AvgIpc) is 2.74. The minimum atomic E-state index is -4.69. The fraction of sp³-hybridized carbons (Fsp3) is 0.600. The third kappa shape index (κ3) is 4.35. The van der Waals surface area contributed by atoms with Crippen LogP contribution in [0.5, 0.6) is 0 Å². The van der Waals surface area contributed by atoms with E-state index in [9.17, 15) is 18.0 Å². The van der Waals surface area contributed by atoms with Gasteiger partial charge in [0.05, 0.1) is 13.2 Å². The molecule has 0 aliphatic rings. The van der Waals surface area contributed by atoms with E-state index in [-0.39, 0.29) is 11.7 Å². The SMILES string of the molecule is CCOC(=O)c1sc(NCCOC)nc1C(F)(F)F. The van der Waals surface area contributed by atoms with Crippen LogP contribution in [-0.2, 0) is 15.7 Å². The highest BCUT2D eigenvalue weighted by molar-refractivity contribution is 7.17. The van der Waals surface area contributed by atoms with Gasteiger partial charge in [-0.25, -0.2) is 9.78 Å². The van der Waals surface area contributed by atoms with Crippen molar-refractivity contribution < 1.29 is 27.4 Å². The van der Waals surface area contributed by atoms with E-state index < -0.39 is 22.7 Å². The zero-order valence-corrected chi connectivity index (χ0v) is 11.2. The van der Waals surface area contributed by atoms with Gasteiger partial charge in [-0.3, -0.25) is 0 Å². The molecule has 9 heteroatoms. The first-order valence-corrected chi connectivity index (χ1v) is 6.19. The van der Waals surface area contributed by atoms with Gasteiger partial charge >= 0.3 is 12.1 Å². The van der Waals surface area contributed by atoms with Gasteiger partial charge in [0, 0.05) is 13.7 Å². The molecular formula is C10H13F3N2O3S. The van der Waals surface area contributed by atoms with Gasteiger partial charge in [-0.05, 0) is 6.92 Å². The zero-order valence-electron chi connectivity index (χ0n) is 10.3. The number of hydrogen-bond acceptors (Lipinski definition) is 6. The van der Waals surface area contributed by atoms with E-state index in [1.54, 1.807) is 0 Å². The third-order valence-corrected chi connectivity index (χ3v) is 2.93. The summed E-state index contributed by atoms with van der Waals surface area (Å²) in [5.41, 5.74) is -1.23. The number of hydrogen-bond donors (Lipinski definition) is 1. The second-order valence-electron chi connectivity index (χ2n) is 3.33. The van der Waals surface area contributed by atoms with Crippen LogP contribution >= 0.6 is 11.3 Å². The van der Waals surface area contributed by atoms with E-state index in [1.165, 1.54) is 14.0 Å². The first kappa shape index (κ1) is 15.7. The summed E-state index contributed by atoms with van der Waals surface area (Å²) in [4.78, 5) is 14.3. The molecule has 1 N–H and O–H groups in total. The van der Waals surface area contributed by atoms with Gasteiger partial charge in [0.1, 0.15) is 4.88 Å². The number of carbonyl (C=O) groups is 1. The molecule has 19 heavy (non-hydrogen) atoms. The summed E-state index contributed by atoms with van der Waals surface area (Å²) in [6.45, 7) is 2.13. The fourth-order valence-corrected chi connectivity index (χ4v) is 2.09. The Balaban J connectivity index is 2.96. The number of nitrogens with one attached hydrogen (secondary N) is 1. The number of alkyl halides is 3. The molecule has 108 valence electrons. The minimum absolute atomic E-state index is 0.000463. The van der Waals surface area contributed by atoms with Crippen molar-refractivity contribution in [3.63, 3.8) is 0 Å². The number of aromatic nitrogens is 1. The summed E-state index contributed by atoms with van der Waals surface area (Å²) in [5.74, 6) is -1.02. The van der Waals surface area contributed by atoms with Crippen molar-refractivity contribution >= 4 is 22.4 Å². The van der Waals surface area contributed by atoms with Crippen molar-refractivity contribution in [3.8, 4) is 0 Å². The molecular weight excluding hydrogens is 285 g/mol. The summed E-state index contributed by atoms with van der Waals surface area (Å²) in [5, 5.41) is 2.66. The van der Waals surface area contributed by atoms with Crippen molar-refractivity contribution in [2.75, 3.05) is 32.2 Å². The van der Waals surface area contributed by atoms with Crippen LogP contribution in [0.15, 0.2) is 0 Å². The maximum Gasteiger partial charge on any atom is 0.435 e. The van der Waals surface area contributed by atoms with Gasteiger partial charge in [0.15, 0.2) is 10.8 Å². The van der Waals surface area contributed by atoms with Gasteiger partial charge in [-0.1, -0.05) is 11.3 Å². The van der Waals surface area contributed by atoms with E-state index >= 15 is 0 Å². The molecule has 0 aromatic carbocycles. The lowest BCUT2D eigenvalue weighted by atomic mass is 10.3. The molecule has 0 amide bonds. The van der Waals surface area contributed by atoms with Crippen molar-refractivity contribution in [2.24, 2.45) is 0 Å². The topological polar surface area (TPSA) is 60.5 Å². The number of esters is 1. The summed E-state index contributed by atoms with van der Waals surface area (Å²) in [6, 6.07) is 0. The molecule has 0 saturated carbocycles. The lowest BCUT2D eigenvalue weighted by Crippen LogP contribution is -2.13. The van der Waals surface area contributed by atoms with Crippen LogP contribution in [-0.4, -0.2) is 37.8 Å². The predicted molar refractivity (Wildman–Crippen MR) is 63.4 cm³/mol. The van der Waals surface area contributed by atoms with E-state index in [0.29, 0.717) is 24.5 Å². The Morgan fingerprint density at radius 2 is 2.16 bits per heavy atom. The van der Waals surface area contributed by atoms with Gasteiger partial charge < -0.3 is 14.8 Å². The zero-order chi connectivity index (χ0) is 14.5. The van der Waals surface area contributed by atoms with E-state index in [1.807, 2.05) is 0 Å². The van der Waals surface area contributed by atoms with Crippen LogP contribution in [0.2, 0.25) is 0 Å². The lowest BCUT2D eigenvalue weighted by Gasteiger charge is -2.04. The van der Waals surface area contributed by atoms with E-state index in [0.717, 1.165) is 0 Å². The number of carbonyl (C=O) groups excluding carboxylic acids is 1. The highest BCUT2D eigenvalue weighted by Crippen LogP contribution is 2.36. The molecule has 0 aliphatic heterocycles. The molecule has 0 radical (unpaired) electrons. The first-order valence-electron chi connectivity index (χ1n) is 5.38. The van der Waals surface area contributed by atoms with Crippen LogP contribution in [0.25, 0.3) is 0 Å². The monoisotopic (exact) mass is 298 g/mol. The van der Waals surface area contributed by atoms with Crippen molar-refractivity contribution in [1.82, 2.24) is 4.98 Å². The predicted octanol–water partition coefficient (Wildman–Crippen LogP) is 2.40. The Morgan fingerprint density at radius 1 is 1.47 bits per heavy atom. The average molecular weight is 298 g/mol. The van der Waals surface area contributed by atoms with Crippen LogP contribution in [0, 0.1) is 0 Å². The molecule has 1 aromatic rings. The quantitative estimate of drug-likeness (QED) is 0.645. The largest absolute Gasteiger partial charge is 0.462 e. The second kappa shape index (κ2) is 6.71. The maximum atomic E-state index is 12.7. The molecule has 5 nitrogen and oxygen atoms in total. The lowest BCUT2D eigenvalue weighted by molar-refractivity contribution is -0.141. The van der Waals surface area contributed by atoms with Gasteiger partial charge in [-0.15, -0.1) is 0 Å². The molecule has 0 saturated heterocycles. The Morgan fingerprint density at radius 3 is 2.68 bits per heavy atom. The number of nitrogens with zero attached hydrogens (tertiary/aromatic N) is 1. The first-order chi connectivity index (χ1) is 8.90. The molecule has 0 unspecified atom stereocenters. The molecule has 1 aromatic heterocycles. The minimum Gasteiger partial charge on any atom is -0.462 e. The number of anilines is 1. The van der Waals surface area contributed by atoms with Crippen molar-refractivity contribution in [1.29, 1.82) is 0 Å². The number of ether oxygens (including phenoxy) is 2. The van der Waals surface area contributed by atoms with Crippen LogP contribution in [0.4, 0.5) is 18.3 Å². The molecule has 0 spiro atoms. The molecule has 1 rings (SSSR count).